The molecule has 1 fully saturated rings. The van der Waals surface area contributed by atoms with Crippen LogP contribution in [-0.2, 0) is 17.6 Å². The van der Waals surface area contributed by atoms with E-state index in [2.05, 4.69) is 21.8 Å². The van der Waals surface area contributed by atoms with Gasteiger partial charge in [0.1, 0.15) is 17.0 Å². The highest BCUT2D eigenvalue weighted by molar-refractivity contribution is 7.19. The molecule has 1 aliphatic carbocycles. The van der Waals surface area contributed by atoms with E-state index in [1.165, 1.54) is 39.9 Å². The number of ether oxygens (including phenoxy) is 1. The number of morpholine rings is 1. The third-order valence-electron chi connectivity index (χ3n) is 4.38. The second-order valence-corrected chi connectivity index (χ2v) is 6.91. The fraction of sp³-hybridized carbons (Fsp3) is 0.600. The predicted octanol–water partition coefficient (Wildman–Crippen LogP) is 2.65. The fourth-order valence-corrected chi connectivity index (χ4v) is 4.46. The van der Waals surface area contributed by atoms with Gasteiger partial charge in [0.25, 0.3) is 0 Å². The standard InChI is InChI=1S/C15H19N3OS/c1-10-2-3-12-11(8-10)13-14(16-9-17-15(13)20-12)18-4-6-19-7-5-18/h9-10H,2-8H2,1H3/t10-/m1/s1. The summed E-state index contributed by atoms with van der Waals surface area (Å²) >= 11 is 1.87. The number of fused-ring (bicyclic) bond motifs is 3. The van der Waals surface area contributed by atoms with Gasteiger partial charge in [0, 0.05) is 18.0 Å². The molecule has 3 heterocycles. The molecule has 0 radical (unpaired) electrons. The Kier molecular flexibility index (Phi) is 3.11. The maximum Gasteiger partial charge on any atom is 0.141 e. The van der Waals surface area contributed by atoms with Gasteiger partial charge in [-0.1, -0.05) is 6.92 Å². The van der Waals surface area contributed by atoms with Crippen molar-refractivity contribution in [3.8, 4) is 0 Å². The molecule has 5 heteroatoms. The summed E-state index contributed by atoms with van der Waals surface area (Å²) in [6.07, 6.45) is 5.42. The van der Waals surface area contributed by atoms with Crippen LogP contribution in [0, 0.1) is 5.92 Å². The molecule has 106 valence electrons. The number of nitrogens with zero attached hydrogens (tertiary/aromatic N) is 3. The average Bonchev–Trinajstić information content (AvgIpc) is 2.86. The van der Waals surface area contributed by atoms with Crippen LogP contribution in [0.1, 0.15) is 23.8 Å². The zero-order chi connectivity index (χ0) is 13.5. The first-order valence-corrected chi connectivity index (χ1v) is 8.22. The van der Waals surface area contributed by atoms with E-state index in [0.717, 1.165) is 38.0 Å². The highest BCUT2D eigenvalue weighted by Crippen LogP contribution is 2.40. The Hall–Kier alpha value is -1.20. The minimum absolute atomic E-state index is 0.776. The lowest BCUT2D eigenvalue weighted by molar-refractivity contribution is 0.122. The second-order valence-electron chi connectivity index (χ2n) is 5.83. The predicted molar refractivity (Wildman–Crippen MR) is 81.6 cm³/mol. The van der Waals surface area contributed by atoms with Crippen molar-refractivity contribution in [1.29, 1.82) is 0 Å². The van der Waals surface area contributed by atoms with Crippen molar-refractivity contribution in [3.63, 3.8) is 0 Å². The third-order valence-corrected chi connectivity index (χ3v) is 5.58. The minimum atomic E-state index is 0.776. The number of thiophene rings is 1. The van der Waals surface area contributed by atoms with Crippen LogP contribution >= 0.6 is 11.3 Å². The van der Waals surface area contributed by atoms with Gasteiger partial charge in [-0.15, -0.1) is 11.3 Å². The molecule has 2 aromatic rings. The van der Waals surface area contributed by atoms with Crippen molar-refractivity contribution < 1.29 is 4.74 Å². The van der Waals surface area contributed by atoms with E-state index in [1.54, 1.807) is 6.33 Å². The molecule has 1 aliphatic heterocycles. The van der Waals surface area contributed by atoms with Crippen molar-refractivity contribution in [2.45, 2.75) is 26.2 Å². The Morgan fingerprint density at radius 2 is 2.15 bits per heavy atom. The van der Waals surface area contributed by atoms with Gasteiger partial charge >= 0.3 is 0 Å². The quantitative estimate of drug-likeness (QED) is 0.809. The Morgan fingerprint density at radius 3 is 3.00 bits per heavy atom. The lowest BCUT2D eigenvalue weighted by Crippen LogP contribution is -2.37. The first kappa shape index (κ1) is 12.5. The molecule has 0 bridgehead atoms. The molecule has 4 rings (SSSR count). The lowest BCUT2D eigenvalue weighted by atomic mass is 9.88. The number of anilines is 1. The van der Waals surface area contributed by atoms with Crippen LogP contribution in [0.3, 0.4) is 0 Å². The summed E-state index contributed by atoms with van der Waals surface area (Å²) in [5.41, 5.74) is 1.52. The van der Waals surface area contributed by atoms with Gasteiger partial charge < -0.3 is 9.64 Å². The number of aryl methyl sites for hydroxylation is 1. The van der Waals surface area contributed by atoms with Crippen LogP contribution in [0.4, 0.5) is 5.82 Å². The molecule has 0 aromatic carbocycles. The molecule has 4 nitrogen and oxygen atoms in total. The Labute approximate surface area is 122 Å². The van der Waals surface area contributed by atoms with E-state index in [9.17, 15) is 0 Å². The SMILES string of the molecule is C[C@@H]1CCc2sc3ncnc(N4CCOCC4)c3c2C1. The summed E-state index contributed by atoms with van der Waals surface area (Å²) in [6.45, 7) is 5.83. The summed E-state index contributed by atoms with van der Waals surface area (Å²) in [5, 5.41) is 1.32. The van der Waals surface area contributed by atoms with Gasteiger partial charge in [-0.2, -0.15) is 0 Å². The molecule has 0 N–H and O–H groups in total. The van der Waals surface area contributed by atoms with E-state index in [1.807, 2.05) is 11.3 Å². The average molecular weight is 289 g/mol. The van der Waals surface area contributed by atoms with Crippen LogP contribution in [0.15, 0.2) is 6.33 Å². The van der Waals surface area contributed by atoms with E-state index < -0.39 is 0 Å². The number of rotatable bonds is 1. The number of aromatic nitrogens is 2. The molecule has 0 unspecified atom stereocenters. The number of hydrogen-bond acceptors (Lipinski definition) is 5. The van der Waals surface area contributed by atoms with Gasteiger partial charge in [0.15, 0.2) is 0 Å². The van der Waals surface area contributed by atoms with Crippen LogP contribution in [0.25, 0.3) is 10.2 Å². The normalized spacial score (nSPS) is 23.1. The Balaban J connectivity index is 1.86. The summed E-state index contributed by atoms with van der Waals surface area (Å²) in [4.78, 5) is 14.2. The third kappa shape index (κ3) is 2.00. The fourth-order valence-electron chi connectivity index (χ4n) is 3.28. The smallest absolute Gasteiger partial charge is 0.141 e. The van der Waals surface area contributed by atoms with Gasteiger partial charge in [0.2, 0.25) is 0 Å². The van der Waals surface area contributed by atoms with Gasteiger partial charge in [-0.05, 0) is 30.7 Å². The topological polar surface area (TPSA) is 38.2 Å². The Bertz CT molecular complexity index is 633. The lowest BCUT2D eigenvalue weighted by Gasteiger charge is -2.28. The van der Waals surface area contributed by atoms with Crippen LogP contribution < -0.4 is 4.90 Å². The first-order chi connectivity index (χ1) is 9.83. The molecule has 2 aromatic heterocycles. The van der Waals surface area contributed by atoms with Crippen LogP contribution in [0.5, 0.6) is 0 Å². The molecule has 2 aliphatic rings. The molecule has 1 atom stereocenters. The zero-order valence-corrected chi connectivity index (χ0v) is 12.6. The van der Waals surface area contributed by atoms with Crippen molar-refractivity contribution in [2.75, 3.05) is 31.2 Å². The van der Waals surface area contributed by atoms with Crippen LogP contribution in [0.2, 0.25) is 0 Å². The zero-order valence-electron chi connectivity index (χ0n) is 11.8. The maximum absolute atomic E-state index is 5.46. The molecular weight excluding hydrogens is 270 g/mol. The molecule has 0 saturated carbocycles. The maximum atomic E-state index is 5.46. The Morgan fingerprint density at radius 1 is 1.30 bits per heavy atom. The van der Waals surface area contributed by atoms with Crippen molar-refractivity contribution in [2.24, 2.45) is 5.92 Å². The molecular formula is C15H19N3OS. The summed E-state index contributed by atoms with van der Waals surface area (Å²) in [7, 11) is 0. The monoisotopic (exact) mass is 289 g/mol. The minimum Gasteiger partial charge on any atom is -0.378 e. The van der Waals surface area contributed by atoms with E-state index >= 15 is 0 Å². The van der Waals surface area contributed by atoms with Gasteiger partial charge in [-0.25, -0.2) is 9.97 Å². The highest BCUT2D eigenvalue weighted by atomic mass is 32.1. The second kappa shape index (κ2) is 4.97. The molecule has 1 saturated heterocycles. The summed E-state index contributed by atoms with van der Waals surface area (Å²) < 4.78 is 5.46. The largest absolute Gasteiger partial charge is 0.378 e. The molecule has 20 heavy (non-hydrogen) atoms. The van der Waals surface area contributed by atoms with Gasteiger partial charge in [0.05, 0.1) is 18.6 Å². The first-order valence-electron chi connectivity index (χ1n) is 7.41. The van der Waals surface area contributed by atoms with E-state index in [-0.39, 0.29) is 0 Å². The summed E-state index contributed by atoms with van der Waals surface area (Å²) in [5.74, 6) is 1.91. The highest BCUT2D eigenvalue weighted by Gasteiger charge is 2.25. The van der Waals surface area contributed by atoms with Gasteiger partial charge in [-0.3, -0.25) is 0 Å². The van der Waals surface area contributed by atoms with E-state index in [0.29, 0.717) is 0 Å². The summed E-state index contributed by atoms with van der Waals surface area (Å²) in [6, 6.07) is 0. The van der Waals surface area contributed by atoms with Crippen molar-refractivity contribution in [1.82, 2.24) is 9.97 Å². The molecule has 0 spiro atoms. The van der Waals surface area contributed by atoms with Crippen molar-refractivity contribution >= 4 is 27.4 Å². The van der Waals surface area contributed by atoms with Crippen LogP contribution in [-0.4, -0.2) is 36.3 Å². The number of hydrogen-bond donors (Lipinski definition) is 0. The van der Waals surface area contributed by atoms with Crippen molar-refractivity contribution in [3.05, 3.63) is 16.8 Å². The molecule has 0 amide bonds. The van der Waals surface area contributed by atoms with E-state index in [4.69, 9.17) is 4.74 Å².